The standard InChI is InChI=1S/C27H29N5OS/c1-20-29-24(19-34-20)18-31-14-12-22(13-15-31)27(33)28-16-23-17-32(25-10-6-3-7-11-25)30-26(23)21-8-4-2-5-9-21/h2-11,17,19,22H,12-16,18H2,1H3,(H,28,33). The van der Waals surface area contributed by atoms with Crippen LogP contribution >= 0.6 is 11.3 Å². The van der Waals surface area contributed by atoms with Crippen LogP contribution in [0, 0.1) is 12.8 Å². The van der Waals surface area contributed by atoms with Crippen LogP contribution in [0.15, 0.2) is 72.2 Å². The third kappa shape index (κ3) is 5.26. The molecule has 0 aliphatic carbocycles. The molecule has 0 atom stereocenters. The molecule has 1 aliphatic rings. The smallest absolute Gasteiger partial charge is 0.223 e. The van der Waals surface area contributed by atoms with E-state index in [2.05, 4.69) is 32.7 Å². The largest absolute Gasteiger partial charge is 0.352 e. The summed E-state index contributed by atoms with van der Waals surface area (Å²) in [7, 11) is 0. The van der Waals surface area contributed by atoms with E-state index in [1.165, 1.54) is 0 Å². The topological polar surface area (TPSA) is 63.1 Å². The first-order valence-electron chi connectivity index (χ1n) is 11.8. The van der Waals surface area contributed by atoms with Crippen LogP contribution in [0.3, 0.4) is 0 Å². The molecule has 4 aromatic rings. The predicted octanol–water partition coefficient (Wildman–Crippen LogP) is 4.83. The minimum absolute atomic E-state index is 0.0535. The Kier molecular flexibility index (Phi) is 6.83. The molecule has 7 heteroatoms. The molecule has 2 aromatic heterocycles. The molecule has 6 nitrogen and oxygen atoms in total. The lowest BCUT2D eigenvalue weighted by Crippen LogP contribution is -2.40. The van der Waals surface area contributed by atoms with E-state index >= 15 is 0 Å². The molecule has 34 heavy (non-hydrogen) atoms. The molecule has 0 spiro atoms. The van der Waals surface area contributed by atoms with E-state index in [0.29, 0.717) is 6.54 Å². The molecule has 0 saturated carbocycles. The number of nitrogens with zero attached hydrogens (tertiary/aromatic N) is 4. The number of benzene rings is 2. The zero-order valence-electron chi connectivity index (χ0n) is 19.4. The first-order valence-corrected chi connectivity index (χ1v) is 12.6. The van der Waals surface area contributed by atoms with E-state index in [-0.39, 0.29) is 11.8 Å². The quantitative estimate of drug-likeness (QED) is 0.419. The highest BCUT2D eigenvalue weighted by Gasteiger charge is 2.25. The van der Waals surface area contributed by atoms with Gasteiger partial charge in [0.15, 0.2) is 0 Å². The zero-order valence-corrected chi connectivity index (χ0v) is 20.2. The number of aromatic nitrogens is 3. The summed E-state index contributed by atoms with van der Waals surface area (Å²) in [6.45, 7) is 5.23. The summed E-state index contributed by atoms with van der Waals surface area (Å²) in [6.07, 6.45) is 3.78. The minimum Gasteiger partial charge on any atom is -0.352 e. The number of carbonyl (C=O) groups is 1. The maximum atomic E-state index is 13.0. The summed E-state index contributed by atoms with van der Waals surface area (Å²) < 4.78 is 1.89. The Morgan fingerprint density at radius 2 is 1.76 bits per heavy atom. The fraction of sp³-hybridized carbons (Fsp3) is 0.296. The van der Waals surface area contributed by atoms with E-state index in [9.17, 15) is 4.79 Å². The first kappa shape index (κ1) is 22.5. The van der Waals surface area contributed by atoms with Crippen molar-refractivity contribution in [2.75, 3.05) is 13.1 Å². The fourth-order valence-electron chi connectivity index (χ4n) is 4.48. The van der Waals surface area contributed by atoms with Crippen LogP contribution in [0.5, 0.6) is 0 Å². The average molecular weight is 472 g/mol. The minimum atomic E-state index is 0.0535. The molecule has 0 unspecified atom stereocenters. The zero-order chi connectivity index (χ0) is 23.3. The van der Waals surface area contributed by atoms with Gasteiger partial charge in [0, 0.05) is 41.7 Å². The lowest BCUT2D eigenvalue weighted by Gasteiger charge is -2.30. The van der Waals surface area contributed by atoms with Gasteiger partial charge in [-0.1, -0.05) is 48.5 Å². The normalized spacial score (nSPS) is 14.9. The molecule has 0 radical (unpaired) electrons. The highest BCUT2D eigenvalue weighted by molar-refractivity contribution is 7.09. The number of hydrogen-bond donors (Lipinski definition) is 1. The van der Waals surface area contributed by atoms with Crippen molar-refractivity contribution >= 4 is 17.2 Å². The van der Waals surface area contributed by atoms with Gasteiger partial charge in [-0.3, -0.25) is 9.69 Å². The van der Waals surface area contributed by atoms with Gasteiger partial charge >= 0.3 is 0 Å². The fourth-order valence-corrected chi connectivity index (χ4v) is 5.08. The highest BCUT2D eigenvalue weighted by atomic mass is 32.1. The highest BCUT2D eigenvalue weighted by Crippen LogP contribution is 2.24. The van der Waals surface area contributed by atoms with Gasteiger partial charge in [0.25, 0.3) is 0 Å². The van der Waals surface area contributed by atoms with Crippen LogP contribution in [-0.2, 0) is 17.9 Å². The molecular formula is C27H29N5OS. The number of rotatable bonds is 7. The molecule has 2 aromatic carbocycles. The SMILES string of the molecule is Cc1nc(CN2CCC(C(=O)NCc3cn(-c4ccccc4)nc3-c3ccccc3)CC2)cs1. The Morgan fingerprint density at radius 1 is 1.06 bits per heavy atom. The van der Waals surface area contributed by atoms with E-state index in [1.807, 2.05) is 66.3 Å². The van der Waals surface area contributed by atoms with Crippen molar-refractivity contribution in [3.8, 4) is 16.9 Å². The van der Waals surface area contributed by atoms with Crippen LogP contribution in [-0.4, -0.2) is 38.7 Å². The number of piperidine rings is 1. The molecule has 5 rings (SSSR count). The number of para-hydroxylation sites is 1. The molecule has 174 valence electrons. The van der Waals surface area contributed by atoms with Gasteiger partial charge < -0.3 is 5.32 Å². The van der Waals surface area contributed by atoms with Crippen molar-refractivity contribution in [3.63, 3.8) is 0 Å². The monoisotopic (exact) mass is 471 g/mol. The van der Waals surface area contributed by atoms with Crippen LogP contribution in [0.1, 0.15) is 29.1 Å². The van der Waals surface area contributed by atoms with Crippen LogP contribution in [0.25, 0.3) is 16.9 Å². The van der Waals surface area contributed by atoms with Crippen molar-refractivity contribution in [1.29, 1.82) is 0 Å². The molecule has 1 fully saturated rings. The third-order valence-electron chi connectivity index (χ3n) is 6.32. The van der Waals surface area contributed by atoms with Crippen molar-refractivity contribution in [3.05, 3.63) is 88.5 Å². The van der Waals surface area contributed by atoms with Gasteiger partial charge in [0.05, 0.1) is 22.1 Å². The third-order valence-corrected chi connectivity index (χ3v) is 7.14. The number of hydrogen-bond acceptors (Lipinski definition) is 5. The maximum Gasteiger partial charge on any atom is 0.223 e. The second-order valence-corrected chi connectivity index (χ2v) is 9.84. The van der Waals surface area contributed by atoms with Crippen molar-refractivity contribution < 1.29 is 4.79 Å². The Labute approximate surface area is 204 Å². The summed E-state index contributed by atoms with van der Waals surface area (Å²) in [5, 5.41) is 11.3. The van der Waals surface area contributed by atoms with Gasteiger partial charge in [-0.25, -0.2) is 9.67 Å². The molecule has 1 saturated heterocycles. The number of thiazole rings is 1. The van der Waals surface area contributed by atoms with Gasteiger partial charge in [-0.05, 0) is 45.0 Å². The van der Waals surface area contributed by atoms with E-state index < -0.39 is 0 Å². The van der Waals surface area contributed by atoms with Crippen molar-refractivity contribution in [2.45, 2.75) is 32.9 Å². The Morgan fingerprint density at radius 3 is 2.44 bits per heavy atom. The maximum absolute atomic E-state index is 13.0. The van der Waals surface area contributed by atoms with E-state index in [0.717, 1.165) is 65.7 Å². The number of aryl methyl sites for hydroxylation is 1. The van der Waals surface area contributed by atoms with E-state index in [1.54, 1.807) is 11.3 Å². The second kappa shape index (κ2) is 10.3. The van der Waals surface area contributed by atoms with Crippen LogP contribution < -0.4 is 5.32 Å². The first-order chi connectivity index (χ1) is 16.7. The summed E-state index contributed by atoms with van der Waals surface area (Å²) >= 11 is 1.69. The molecule has 3 heterocycles. The van der Waals surface area contributed by atoms with Crippen molar-refractivity contribution in [2.24, 2.45) is 5.92 Å². The Bertz CT molecular complexity index is 1230. The number of carbonyl (C=O) groups excluding carboxylic acids is 1. The summed E-state index contributed by atoms with van der Waals surface area (Å²) in [5.74, 6) is 0.188. The lowest BCUT2D eigenvalue weighted by atomic mass is 9.95. The van der Waals surface area contributed by atoms with Gasteiger partial charge in [-0.15, -0.1) is 11.3 Å². The van der Waals surface area contributed by atoms with Gasteiger partial charge in [0.1, 0.15) is 0 Å². The Balaban J connectivity index is 1.23. The number of nitrogens with one attached hydrogen (secondary N) is 1. The number of amides is 1. The molecule has 1 aliphatic heterocycles. The lowest BCUT2D eigenvalue weighted by molar-refractivity contribution is -0.126. The molecule has 1 N–H and O–H groups in total. The van der Waals surface area contributed by atoms with E-state index in [4.69, 9.17) is 5.10 Å². The molecule has 0 bridgehead atoms. The molecular weight excluding hydrogens is 442 g/mol. The second-order valence-electron chi connectivity index (χ2n) is 8.78. The van der Waals surface area contributed by atoms with Crippen molar-refractivity contribution in [1.82, 2.24) is 25.0 Å². The van der Waals surface area contributed by atoms with Gasteiger partial charge in [0.2, 0.25) is 5.91 Å². The van der Waals surface area contributed by atoms with Gasteiger partial charge in [-0.2, -0.15) is 5.10 Å². The molecule has 1 amide bonds. The predicted molar refractivity (Wildman–Crippen MR) is 136 cm³/mol. The summed E-state index contributed by atoms with van der Waals surface area (Å²) in [4.78, 5) is 20.0. The Hall–Kier alpha value is -3.29. The summed E-state index contributed by atoms with van der Waals surface area (Å²) in [5.41, 5.74) is 5.10. The van der Waals surface area contributed by atoms with Crippen LogP contribution in [0.4, 0.5) is 0 Å². The number of likely N-dealkylation sites (tertiary alicyclic amines) is 1. The summed E-state index contributed by atoms with van der Waals surface area (Å²) in [6, 6.07) is 20.2. The van der Waals surface area contributed by atoms with Crippen LogP contribution in [0.2, 0.25) is 0 Å². The average Bonchev–Trinajstić information content (AvgIpc) is 3.50.